The SMILES string of the molecule is FC(F)(F)Cn1nc2c(c1-c1ccc(Cl)cc1)CCNCC2. The van der Waals surface area contributed by atoms with Crippen LogP contribution in [-0.2, 0) is 19.4 Å². The first-order valence-electron chi connectivity index (χ1n) is 7.06. The summed E-state index contributed by atoms with van der Waals surface area (Å²) in [4.78, 5) is 0. The molecule has 2 aromatic rings. The van der Waals surface area contributed by atoms with Crippen LogP contribution < -0.4 is 5.32 Å². The molecule has 1 aliphatic heterocycles. The topological polar surface area (TPSA) is 29.9 Å². The van der Waals surface area contributed by atoms with Gasteiger partial charge in [0.15, 0.2) is 0 Å². The van der Waals surface area contributed by atoms with Gasteiger partial charge in [-0.3, -0.25) is 4.68 Å². The Morgan fingerprint density at radius 2 is 1.82 bits per heavy atom. The van der Waals surface area contributed by atoms with Gasteiger partial charge < -0.3 is 5.32 Å². The van der Waals surface area contributed by atoms with Gasteiger partial charge in [-0.1, -0.05) is 23.7 Å². The third kappa shape index (κ3) is 3.28. The summed E-state index contributed by atoms with van der Waals surface area (Å²) in [5.41, 5.74) is 2.91. The van der Waals surface area contributed by atoms with Gasteiger partial charge in [0.05, 0.1) is 11.4 Å². The Morgan fingerprint density at radius 1 is 1.14 bits per heavy atom. The van der Waals surface area contributed by atoms with E-state index in [9.17, 15) is 13.2 Å². The lowest BCUT2D eigenvalue weighted by molar-refractivity contribution is -0.142. The average Bonchev–Trinajstić information content (AvgIpc) is 2.61. The third-order valence-corrected chi connectivity index (χ3v) is 3.92. The van der Waals surface area contributed by atoms with Crippen LogP contribution >= 0.6 is 11.6 Å². The molecular weight excluding hydrogens is 315 g/mol. The van der Waals surface area contributed by atoms with Gasteiger partial charge in [-0.05, 0) is 25.1 Å². The Balaban J connectivity index is 2.11. The first-order valence-corrected chi connectivity index (χ1v) is 7.44. The lowest BCUT2D eigenvalue weighted by Crippen LogP contribution is -2.21. The highest BCUT2D eigenvalue weighted by Gasteiger charge is 2.31. The van der Waals surface area contributed by atoms with Gasteiger partial charge in [-0.2, -0.15) is 18.3 Å². The third-order valence-electron chi connectivity index (χ3n) is 3.67. The second kappa shape index (κ2) is 5.93. The van der Waals surface area contributed by atoms with Gasteiger partial charge in [0.25, 0.3) is 0 Å². The summed E-state index contributed by atoms with van der Waals surface area (Å²) in [5.74, 6) is 0. The largest absolute Gasteiger partial charge is 0.408 e. The van der Waals surface area contributed by atoms with Crippen molar-refractivity contribution in [3.05, 3.63) is 40.5 Å². The quantitative estimate of drug-likeness (QED) is 0.914. The monoisotopic (exact) mass is 329 g/mol. The molecule has 0 atom stereocenters. The zero-order chi connectivity index (χ0) is 15.7. The minimum absolute atomic E-state index is 0.549. The van der Waals surface area contributed by atoms with Crippen LogP contribution in [0.2, 0.25) is 5.02 Å². The lowest BCUT2D eigenvalue weighted by atomic mass is 10.0. The molecule has 0 bridgehead atoms. The van der Waals surface area contributed by atoms with Crippen LogP contribution in [0, 0.1) is 0 Å². The molecule has 2 heterocycles. The fourth-order valence-corrected chi connectivity index (χ4v) is 2.90. The normalized spacial score (nSPS) is 15.5. The molecule has 0 unspecified atom stereocenters. The van der Waals surface area contributed by atoms with Crippen LogP contribution in [0.4, 0.5) is 13.2 Å². The predicted molar refractivity (Wildman–Crippen MR) is 79.0 cm³/mol. The fourth-order valence-electron chi connectivity index (χ4n) is 2.77. The van der Waals surface area contributed by atoms with Crippen molar-refractivity contribution in [1.82, 2.24) is 15.1 Å². The van der Waals surface area contributed by atoms with Gasteiger partial charge in [0.2, 0.25) is 0 Å². The summed E-state index contributed by atoms with van der Waals surface area (Å²) in [6, 6.07) is 6.85. The van der Waals surface area contributed by atoms with E-state index < -0.39 is 12.7 Å². The highest BCUT2D eigenvalue weighted by Crippen LogP contribution is 2.31. The maximum absolute atomic E-state index is 12.9. The summed E-state index contributed by atoms with van der Waals surface area (Å²) < 4.78 is 39.6. The molecule has 3 rings (SSSR count). The second-order valence-corrected chi connectivity index (χ2v) is 5.74. The van der Waals surface area contributed by atoms with E-state index in [0.29, 0.717) is 29.1 Å². The maximum Gasteiger partial charge on any atom is 0.408 e. The molecule has 0 fully saturated rings. The maximum atomic E-state index is 12.9. The van der Waals surface area contributed by atoms with Crippen molar-refractivity contribution in [3.63, 3.8) is 0 Å². The van der Waals surface area contributed by atoms with Crippen LogP contribution in [0.15, 0.2) is 24.3 Å². The van der Waals surface area contributed by atoms with Crippen molar-refractivity contribution in [2.45, 2.75) is 25.6 Å². The number of hydrogen-bond donors (Lipinski definition) is 1. The van der Waals surface area contributed by atoms with Gasteiger partial charge in [-0.25, -0.2) is 0 Å². The first-order chi connectivity index (χ1) is 10.4. The van der Waals surface area contributed by atoms with Crippen LogP contribution in [0.5, 0.6) is 0 Å². The molecule has 0 saturated heterocycles. The number of benzene rings is 1. The smallest absolute Gasteiger partial charge is 0.316 e. The van der Waals surface area contributed by atoms with E-state index in [1.54, 1.807) is 24.3 Å². The van der Waals surface area contributed by atoms with Crippen LogP contribution in [0.25, 0.3) is 11.3 Å². The van der Waals surface area contributed by atoms with Crippen molar-refractivity contribution >= 4 is 11.6 Å². The minimum Gasteiger partial charge on any atom is -0.316 e. The molecule has 0 saturated carbocycles. The second-order valence-electron chi connectivity index (χ2n) is 5.30. The number of halogens is 4. The van der Waals surface area contributed by atoms with Gasteiger partial charge in [-0.15, -0.1) is 0 Å². The predicted octanol–water partition coefficient (Wildman–Crippen LogP) is 3.45. The van der Waals surface area contributed by atoms with E-state index in [4.69, 9.17) is 11.6 Å². The first kappa shape index (κ1) is 15.4. The van der Waals surface area contributed by atoms with E-state index in [2.05, 4.69) is 10.4 Å². The number of nitrogens with one attached hydrogen (secondary N) is 1. The zero-order valence-electron chi connectivity index (χ0n) is 11.8. The van der Waals surface area contributed by atoms with Crippen molar-refractivity contribution < 1.29 is 13.2 Å². The van der Waals surface area contributed by atoms with Crippen molar-refractivity contribution in [1.29, 1.82) is 0 Å². The minimum atomic E-state index is -4.30. The van der Waals surface area contributed by atoms with E-state index in [-0.39, 0.29) is 0 Å². The summed E-state index contributed by atoms with van der Waals surface area (Å²) in [5, 5.41) is 8.02. The van der Waals surface area contributed by atoms with E-state index in [1.807, 2.05) is 0 Å². The molecule has 0 aliphatic carbocycles. The average molecular weight is 330 g/mol. The highest BCUT2D eigenvalue weighted by molar-refractivity contribution is 6.30. The van der Waals surface area contributed by atoms with Crippen molar-refractivity contribution in [2.24, 2.45) is 0 Å². The molecule has 118 valence electrons. The Kier molecular flexibility index (Phi) is 4.14. The zero-order valence-corrected chi connectivity index (χ0v) is 12.5. The standard InChI is InChI=1S/C15H15ClF3N3/c16-11-3-1-10(2-4-11)14-12-5-7-20-8-6-13(12)21-22(14)9-15(17,18)19/h1-4,20H,5-9H2. The van der Waals surface area contributed by atoms with Crippen LogP contribution in [-0.4, -0.2) is 29.0 Å². The van der Waals surface area contributed by atoms with Crippen LogP contribution in [0.3, 0.4) is 0 Å². The van der Waals surface area contributed by atoms with E-state index >= 15 is 0 Å². The molecule has 1 aliphatic rings. The Labute approximate surface area is 131 Å². The molecule has 0 spiro atoms. The molecular formula is C15H15ClF3N3. The van der Waals surface area contributed by atoms with Gasteiger partial charge in [0, 0.05) is 29.1 Å². The van der Waals surface area contributed by atoms with Crippen molar-refractivity contribution in [2.75, 3.05) is 13.1 Å². The summed E-state index contributed by atoms with van der Waals surface area (Å²) >= 11 is 5.88. The summed E-state index contributed by atoms with van der Waals surface area (Å²) in [6.45, 7) is 0.396. The molecule has 22 heavy (non-hydrogen) atoms. The fraction of sp³-hybridized carbons (Fsp3) is 0.400. The van der Waals surface area contributed by atoms with Gasteiger partial charge >= 0.3 is 6.18 Å². The molecule has 1 aromatic heterocycles. The van der Waals surface area contributed by atoms with E-state index in [0.717, 1.165) is 29.0 Å². The number of aromatic nitrogens is 2. The Bertz CT molecular complexity index is 662. The molecule has 1 aromatic carbocycles. The molecule has 0 amide bonds. The van der Waals surface area contributed by atoms with E-state index in [1.165, 1.54) is 0 Å². The van der Waals surface area contributed by atoms with Gasteiger partial charge in [0.1, 0.15) is 6.54 Å². The molecule has 1 N–H and O–H groups in total. The summed E-state index contributed by atoms with van der Waals surface area (Å²) in [6.07, 6.45) is -2.99. The van der Waals surface area contributed by atoms with Crippen LogP contribution in [0.1, 0.15) is 11.3 Å². The summed E-state index contributed by atoms with van der Waals surface area (Å²) in [7, 11) is 0. The number of nitrogens with zero attached hydrogens (tertiary/aromatic N) is 2. The Morgan fingerprint density at radius 3 is 2.50 bits per heavy atom. The molecule has 0 radical (unpaired) electrons. The highest BCUT2D eigenvalue weighted by atomic mass is 35.5. The lowest BCUT2D eigenvalue weighted by Gasteiger charge is -2.12. The molecule has 7 heteroatoms. The van der Waals surface area contributed by atoms with Crippen molar-refractivity contribution in [3.8, 4) is 11.3 Å². The number of fused-ring (bicyclic) bond motifs is 1. The molecule has 3 nitrogen and oxygen atoms in total. The Hall–Kier alpha value is -1.53. The number of rotatable bonds is 2. The number of hydrogen-bond acceptors (Lipinski definition) is 2. The number of alkyl halides is 3.